The molecule has 0 spiro atoms. The van der Waals surface area contributed by atoms with Crippen LogP contribution < -0.4 is 5.32 Å². The Morgan fingerprint density at radius 2 is 1.97 bits per heavy atom. The fourth-order valence-electron chi connectivity index (χ4n) is 3.95. The molecule has 0 aliphatic carbocycles. The fourth-order valence-corrected chi connectivity index (χ4v) is 4.17. The summed E-state index contributed by atoms with van der Waals surface area (Å²) < 4.78 is 13.8. The Hall–Kier alpha value is -2.86. The summed E-state index contributed by atoms with van der Waals surface area (Å²) in [5.41, 5.74) is 3.17. The number of carbonyl (C=O) groups is 2. The van der Waals surface area contributed by atoms with E-state index in [1.807, 2.05) is 13.8 Å². The number of hydrogen-bond acceptors (Lipinski definition) is 2. The van der Waals surface area contributed by atoms with Crippen LogP contribution in [0, 0.1) is 11.7 Å². The number of benzene rings is 2. The molecular formula is C23H23ClFN3O2. The first-order chi connectivity index (χ1) is 14.3. The molecule has 0 unspecified atom stereocenters. The van der Waals surface area contributed by atoms with E-state index in [1.54, 1.807) is 35.2 Å². The number of nitrogens with one attached hydrogen (secondary N) is 2. The van der Waals surface area contributed by atoms with Gasteiger partial charge < -0.3 is 15.2 Å². The second kappa shape index (κ2) is 8.11. The van der Waals surface area contributed by atoms with Crippen LogP contribution >= 0.6 is 11.6 Å². The van der Waals surface area contributed by atoms with Crippen LogP contribution in [0.25, 0.3) is 10.9 Å². The first-order valence-electron chi connectivity index (χ1n) is 9.98. The second-order valence-electron chi connectivity index (χ2n) is 7.96. The van der Waals surface area contributed by atoms with Gasteiger partial charge in [0.05, 0.1) is 10.6 Å². The Bertz CT molecular complexity index is 1120. The van der Waals surface area contributed by atoms with Gasteiger partial charge in [-0.1, -0.05) is 37.6 Å². The molecule has 3 aromatic rings. The number of fused-ring (bicyclic) bond motifs is 3. The predicted molar refractivity (Wildman–Crippen MR) is 115 cm³/mol. The van der Waals surface area contributed by atoms with Crippen molar-refractivity contribution >= 4 is 34.3 Å². The molecule has 2 N–H and O–H groups in total. The summed E-state index contributed by atoms with van der Waals surface area (Å²) in [4.78, 5) is 31.1. The number of nitrogens with zero attached hydrogens (tertiary/aromatic N) is 1. The van der Waals surface area contributed by atoms with E-state index in [-0.39, 0.29) is 23.5 Å². The molecule has 1 atom stereocenters. The molecule has 1 aromatic heterocycles. The van der Waals surface area contributed by atoms with Gasteiger partial charge in [0.25, 0.3) is 5.91 Å². The number of aromatic amines is 1. The van der Waals surface area contributed by atoms with Crippen LogP contribution in [0.15, 0.2) is 42.5 Å². The maximum Gasteiger partial charge on any atom is 0.253 e. The molecule has 2 amide bonds. The minimum atomic E-state index is -0.683. The summed E-state index contributed by atoms with van der Waals surface area (Å²) in [5, 5.41) is 3.99. The minimum absolute atomic E-state index is 0.106. The lowest BCUT2D eigenvalue weighted by molar-refractivity contribution is -0.135. The van der Waals surface area contributed by atoms with Crippen LogP contribution in [0.3, 0.4) is 0 Å². The number of rotatable bonds is 4. The van der Waals surface area contributed by atoms with Gasteiger partial charge in [-0.05, 0) is 36.2 Å². The third-order valence-corrected chi connectivity index (χ3v) is 5.92. The summed E-state index contributed by atoms with van der Waals surface area (Å²) in [6.45, 7) is 4.70. The Kier molecular flexibility index (Phi) is 5.52. The Morgan fingerprint density at radius 1 is 1.20 bits per heavy atom. The number of aromatic nitrogens is 1. The first kappa shape index (κ1) is 20.4. The first-order valence-corrected chi connectivity index (χ1v) is 10.4. The molecule has 4 rings (SSSR count). The van der Waals surface area contributed by atoms with Gasteiger partial charge in [0.15, 0.2) is 0 Å². The smallest absolute Gasteiger partial charge is 0.253 e. The lowest BCUT2D eigenvalue weighted by Gasteiger charge is -2.32. The average Bonchev–Trinajstić information content (AvgIpc) is 3.08. The Morgan fingerprint density at radius 3 is 2.70 bits per heavy atom. The van der Waals surface area contributed by atoms with Crippen molar-refractivity contribution in [3.8, 4) is 0 Å². The van der Waals surface area contributed by atoms with Crippen molar-refractivity contribution in [2.45, 2.75) is 32.9 Å². The predicted octanol–water partition coefficient (Wildman–Crippen LogP) is 4.30. The second-order valence-corrected chi connectivity index (χ2v) is 8.36. The SMILES string of the molecule is CC(C)[C@@H](NC(=O)c1ccccc1Cl)C(=O)N1CCc2[nH]c3ccc(F)cc3c2C1. The molecule has 0 saturated carbocycles. The quantitative estimate of drug-likeness (QED) is 0.652. The van der Waals surface area contributed by atoms with E-state index < -0.39 is 6.04 Å². The van der Waals surface area contributed by atoms with Gasteiger partial charge in [0, 0.05) is 41.7 Å². The largest absolute Gasteiger partial charge is 0.358 e. The van der Waals surface area contributed by atoms with Crippen LogP contribution in [-0.4, -0.2) is 34.3 Å². The van der Waals surface area contributed by atoms with Gasteiger partial charge in [-0.2, -0.15) is 0 Å². The highest BCUT2D eigenvalue weighted by Crippen LogP contribution is 2.29. The normalized spacial score (nSPS) is 14.6. The van der Waals surface area contributed by atoms with Gasteiger partial charge in [0.2, 0.25) is 5.91 Å². The number of H-pyrrole nitrogens is 1. The Labute approximate surface area is 179 Å². The molecule has 1 aliphatic rings. The Balaban J connectivity index is 1.56. The van der Waals surface area contributed by atoms with Crippen molar-refractivity contribution < 1.29 is 14.0 Å². The molecule has 0 saturated heterocycles. The standard InChI is InChI=1S/C23H23ClFN3O2/c1-13(2)21(27-22(29)15-5-3-4-6-18(15)24)23(30)28-10-9-20-17(12-28)16-11-14(25)7-8-19(16)26-20/h3-8,11,13,21,26H,9-10,12H2,1-2H3,(H,27,29)/t21-/m1/s1. The van der Waals surface area contributed by atoms with Crippen molar-refractivity contribution in [3.05, 3.63) is 70.1 Å². The van der Waals surface area contributed by atoms with E-state index in [2.05, 4.69) is 10.3 Å². The van der Waals surface area contributed by atoms with Crippen LogP contribution in [0.5, 0.6) is 0 Å². The molecule has 0 radical (unpaired) electrons. The molecule has 156 valence electrons. The van der Waals surface area contributed by atoms with Crippen molar-refractivity contribution in [1.82, 2.24) is 15.2 Å². The van der Waals surface area contributed by atoms with E-state index in [4.69, 9.17) is 11.6 Å². The molecule has 0 fully saturated rings. The van der Waals surface area contributed by atoms with E-state index in [0.29, 0.717) is 30.1 Å². The third kappa shape index (κ3) is 3.79. The molecule has 0 bridgehead atoms. The minimum Gasteiger partial charge on any atom is -0.358 e. The lowest BCUT2D eigenvalue weighted by atomic mass is 9.99. The van der Waals surface area contributed by atoms with Crippen molar-refractivity contribution in [1.29, 1.82) is 0 Å². The number of amides is 2. The van der Waals surface area contributed by atoms with Crippen molar-refractivity contribution in [3.63, 3.8) is 0 Å². The van der Waals surface area contributed by atoms with Crippen LogP contribution in [-0.2, 0) is 17.8 Å². The number of carbonyl (C=O) groups excluding carboxylic acids is 2. The van der Waals surface area contributed by atoms with Crippen LogP contribution in [0.4, 0.5) is 4.39 Å². The highest BCUT2D eigenvalue weighted by molar-refractivity contribution is 6.33. The summed E-state index contributed by atoms with van der Waals surface area (Å²) in [5.74, 6) is -0.938. The maximum absolute atomic E-state index is 13.8. The van der Waals surface area contributed by atoms with E-state index in [9.17, 15) is 14.0 Å². The van der Waals surface area contributed by atoms with Crippen LogP contribution in [0.1, 0.15) is 35.5 Å². The van der Waals surface area contributed by atoms with Crippen LogP contribution in [0.2, 0.25) is 5.02 Å². The van der Waals surface area contributed by atoms with Crippen molar-refractivity contribution in [2.75, 3.05) is 6.54 Å². The zero-order valence-electron chi connectivity index (χ0n) is 16.8. The van der Waals surface area contributed by atoms with Crippen molar-refractivity contribution in [2.24, 2.45) is 5.92 Å². The summed E-state index contributed by atoms with van der Waals surface area (Å²) in [7, 11) is 0. The average molecular weight is 428 g/mol. The van der Waals surface area contributed by atoms with E-state index >= 15 is 0 Å². The van der Waals surface area contributed by atoms with Gasteiger partial charge in [-0.3, -0.25) is 9.59 Å². The monoisotopic (exact) mass is 427 g/mol. The maximum atomic E-state index is 13.8. The number of halogens is 2. The van der Waals surface area contributed by atoms with E-state index in [1.165, 1.54) is 12.1 Å². The zero-order valence-corrected chi connectivity index (χ0v) is 17.6. The molecule has 2 aromatic carbocycles. The van der Waals surface area contributed by atoms with Gasteiger partial charge >= 0.3 is 0 Å². The summed E-state index contributed by atoms with van der Waals surface area (Å²) in [6.07, 6.45) is 0.653. The fraction of sp³-hybridized carbons (Fsp3) is 0.304. The van der Waals surface area contributed by atoms with Gasteiger partial charge in [-0.25, -0.2) is 4.39 Å². The molecule has 1 aliphatic heterocycles. The third-order valence-electron chi connectivity index (χ3n) is 5.59. The lowest BCUT2D eigenvalue weighted by Crippen LogP contribution is -2.52. The highest BCUT2D eigenvalue weighted by atomic mass is 35.5. The zero-order chi connectivity index (χ0) is 21.4. The molecule has 30 heavy (non-hydrogen) atoms. The molecule has 7 heteroatoms. The topological polar surface area (TPSA) is 65.2 Å². The molecular weight excluding hydrogens is 405 g/mol. The molecule has 2 heterocycles. The van der Waals surface area contributed by atoms with E-state index in [0.717, 1.165) is 22.2 Å². The summed E-state index contributed by atoms with van der Waals surface area (Å²) in [6, 6.07) is 10.7. The van der Waals surface area contributed by atoms with Gasteiger partial charge in [-0.15, -0.1) is 0 Å². The summed E-state index contributed by atoms with van der Waals surface area (Å²) >= 11 is 6.13. The highest BCUT2D eigenvalue weighted by Gasteiger charge is 2.32. The number of hydrogen-bond donors (Lipinski definition) is 2. The van der Waals surface area contributed by atoms with Gasteiger partial charge in [0.1, 0.15) is 11.9 Å². The molecule has 5 nitrogen and oxygen atoms in total.